The fraction of sp³-hybridized carbons (Fsp3) is 0.333. The van der Waals surface area contributed by atoms with E-state index in [0.29, 0.717) is 0 Å². The van der Waals surface area contributed by atoms with E-state index in [1.54, 1.807) is 6.92 Å². The molecule has 1 rings (SSSR count). The zero-order valence-corrected chi connectivity index (χ0v) is 6.03. The summed E-state index contributed by atoms with van der Waals surface area (Å²) in [6, 6.07) is 0. The van der Waals surface area contributed by atoms with Gasteiger partial charge in [0.25, 0.3) is 0 Å². The minimum absolute atomic E-state index is 0.105. The van der Waals surface area contributed by atoms with Crippen molar-refractivity contribution in [3.8, 4) is 0 Å². The maximum absolute atomic E-state index is 10.3. The summed E-state index contributed by atoms with van der Waals surface area (Å²) < 4.78 is 0. The Balaban J connectivity index is 2.75. The zero-order chi connectivity index (χ0) is 8.48. The molecule has 1 aliphatic heterocycles. The van der Waals surface area contributed by atoms with E-state index < -0.39 is 11.8 Å². The molecule has 0 aliphatic carbocycles. The van der Waals surface area contributed by atoms with Crippen molar-refractivity contribution in [2.75, 3.05) is 0 Å². The van der Waals surface area contributed by atoms with Gasteiger partial charge in [-0.05, 0) is 6.92 Å². The fourth-order valence-corrected chi connectivity index (χ4v) is 0.619. The highest BCUT2D eigenvalue weighted by Crippen LogP contribution is 2.03. The molecule has 0 bridgehead atoms. The molecule has 60 valence electrons. The van der Waals surface area contributed by atoms with E-state index >= 15 is 0 Å². The largest absolute Gasteiger partial charge is 0.478 e. The third-order valence-corrected chi connectivity index (χ3v) is 1.24. The van der Waals surface area contributed by atoms with Crippen LogP contribution in [0.5, 0.6) is 0 Å². The van der Waals surface area contributed by atoms with Crippen molar-refractivity contribution < 1.29 is 9.90 Å². The van der Waals surface area contributed by atoms with Gasteiger partial charge in [0.1, 0.15) is 0 Å². The first-order valence-corrected chi connectivity index (χ1v) is 3.06. The van der Waals surface area contributed by atoms with Crippen LogP contribution in [0.15, 0.2) is 16.8 Å². The van der Waals surface area contributed by atoms with Crippen molar-refractivity contribution in [2.24, 2.45) is 10.7 Å². The highest BCUT2D eigenvalue weighted by Gasteiger charge is 2.18. The monoisotopic (exact) mass is 155 g/mol. The third-order valence-electron chi connectivity index (χ3n) is 1.24. The van der Waals surface area contributed by atoms with E-state index in [0.717, 1.165) is 0 Å². The molecule has 0 amide bonds. The Morgan fingerprint density at radius 3 is 2.91 bits per heavy atom. The molecule has 4 N–H and O–H groups in total. The van der Waals surface area contributed by atoms with Gasteiger partial charge in [0, 0.05) is 12.4 Å². The van der Waals surface area contributed by atoms with E-state index in [4.69, 9.17) is 10.8 Å². The normalized spacial score (nSPS) is 29.1. The predicted molar refractivity (Wildman–Crippen MR) is 39.9 cm³/mol. The van der Waals surface area contributed by atoms with E-state index in [1.807, 2.05) is 0 Å². The molecule has 0 aromatic rings. The number of nitrogens with zero attached hydrogens (tertiary/aromatic N) is 1. The van der Waals surface area contributed by atoms with Crippen molar-refractivity contribution in [1.82, 2.24) is 5.32 Å². The Kier molecular flexibility index (Phi) is 1.66. The van der Waals surface area contributed by atoms with E-state index in [1.165, 1.54) is 12.4 Å². The lowest BCUT2D eigenvalue weighted by Gasteiger charge is -2.22. The van der Waals surface area contributed by atoms with Crippen LogP contribution in [0.1, 0.15) is 6.92 Å². The molecule has 0 fully saturated rings. The number of hydrogen-bond acceptors (Lipinski definition) is 4. The Morgan fingerprint density at radius 2 is 2.55 bits per heavy atom. The van der Waals surface area contributed by atoms with Gasteiger partial charge in [-0.25, -0.2) is 4.79 Å². The van der Waals surface area contributed by atoms with Gasteiger partial charge in [-0.1, -0.05) is 0 Å². The molecular formula is C6H9N3O2. The topological polar surface area (TPSA) is 87.7 Å². The lowest BCUT2D eigenvalue weighted by molar-refractivity contribution is -0.132. The standard InChI is InChI=1S/C6H9N3O2/c1-6(7)8-2-4(3-9-6)5(10)11/h2-3,8H,7H2,1H3,(H,10,11). The number of aliphatic carboxylic acids is 1. The first-order valence-electron chi connectivity index (χ1n) is 3.06. The lowest BCUT2D eigenvalue weighted by Crippen LogP contribution is -2.48. The molecule has 1 heterocycles. The van der Waals surface area contributed by atoms with Crippen LogP contribution in [0.4, 0.5) is 0 Å². The summed E-state index contributed by atoms with van der Waals surface area (Å²) in [6.07, 6.45) is 2.56. The van der Waals surface area contributed by atoms with Gasteiger partial charge in [-0.2, -0.15) is 0 Å². The Hall–Kier alpha value is -1.36. The predicted octanol–water partition coefficient (Wildman–Crippen LogP) is -0.739. The molecule has 1 aliphatic rings. The van der Waals surface area contributed by atoms with Crippen LogP contribution < -0.4 is 11.1 Å². The maximum Gasteiger partial charge on any atom is 0.338 e. The average molecular weight is 155 g/mol. The maximum atomic E-state index is 10.3. The number of nitrogens with one attached hydrogen (secondary N) is 1. The van der Waals surface area contributed by atoms with Crippen molar-refractivity contribution in [3.63, 3.8) is 0 Å². The van der Waals surface area contributed by atoms with Crippen LogP contribution in [-0.4, -0.2) is 23.1 Å². The molecule has 5 nitrogen and oxygen atoms in total. The van der Waals surface area contributed by atoms with Gasteiger partial charge in [-0.3, -0.25) is 10.7 Å². The van der Waals surface area contributed by atoms with Gasteiger partial charge in [0.2, 0.25) is 0 Å². The Morgan fingerprint density at radius 1 is 1.91 bits per heavy atom. The molecule has 0 saturated carbocycles. The second-order valence-corrected chi connectivity index (χ2v) is 2.45. The Labute approximate surface area is 63.6 Å². The van der Waals surface area contributed by atoms with E-state index in [2.05, 4.69) is 10.3 Å². The second kappa shape index (κ2) is 2.35. The molecule has 5 heteroatoms. The first kappa shape index (κ1) is 7.74. The molecule has 1 atom stereocenters. The van der Waals surface area contributed by atoms with Crippen molar-refractivity contribution in [1.29, 1.82) is 0 Å². The summed E-state index contributed by atoms with van der Waals surface area (Å²) in [5, 5.41) is 11.1. The van der Waals surface area contributed by atoms with Gasteiger partial charge in [0.15, 0.2) is 5.79 Å². The lowest BCUT2D eigenvalue weighted by atomic mass is 10.2. The number of aliphatic imine (C=N–C) groups is 1. The van der Waals surface area contributed by atoms with Crippen molar-refractivity contribution >= 4 is 12.2 Å². The van der Waals surface area contributed by atoms with Crippen LogP contribution in [0.25, 0.3) is 0 Å². The molecule has 0 spiro atoms. The molecule has 1 unspecified atom stereocenters. The van der Waals surface area contributed by atoms with Crippen LogP contribution in [0.3, 0.4) is 0 Å². The van der Waals surface area contributed by atoms with Gasteiger partial charge < -0.3 is 10.4 Å². The highest BCUT2D eigenvalue weighted by atomic mass is 16.4. The van der Waals surface area contributed by atoms with E-state index in [9.17, 15) is 4.79 Å². The summed E-state index contributed by atoms with van der Waals surface area (Å²) in [7, 11) is 0. The van der Waals surface area contributed by atoms with Gasteiger partial charge in [0.05, 0.1) is 5.57 Å². The smallest absolute Gasteiger partial charge is 0.338 e. The summed E-state index contributed by atoms with van der Waals surface area (Å²) in [4.78, 5) is 14.1. The summed E-state index contributed by atoms with van der Waals surface area (Å²) >= 11 is 0. The molecule has 0 saturated heterocycles. The summed E-state index contributed by atoms with van der Waals surface area (Å²) in [5.74, 6) is -1.89. The van der Waals surface area contributed by atoms with Gasteiger partial charge in [-0.15, -0.1) is 0 Å². The first-order chi connectivity index (χ1) is 5.01. The van der Waals surface area contributed by atoms with Crippen LogP contribution in [0.2, 0.25) is 0 Å². The number of hydrogen-bond donors (Lipinski definition) is 3. The highest BCUT2D eigenvalue weighted by molar-refractivity contribution is 6.08. The van der Waals surface area contributed by atoms with Gasteiger partial charge >= 0.3 is 5.97 Å². The molecule has 0 aromatic carbocycles. The quantitative estimate of drug-likeness (QED) is 0.465. The fourth-order valence-electron chi connectivity index (χ4n) is 0.619. The summed E-state index contributed by atoms with van der Waals surface area (Å²) in [5.41, 5.74) is 5.60. The molecular weight excluding hydrogens is 146 g/mol. The zero-order valence-electron chi connectivity index (χ0n) is 6.03. The minimum atomic E-state index is -1.02. The number of rotatable bonds is 1. The molecule has 0 aromatic heterocycles. The van der Waals surface area contributed by atoms with Crippen LogP contribution >= 0.6 is 0 Å². The summed E-state index contributed by atoms with van der Waals surface area (Å²) in [6.45, 7) is 1.64. The number of carbonyl (C=O) groups is 1. The van der Waals surface area contributed by atoms with Crippen molar-refractivity contribution in [3.05, 3.63) is 11.8 Å². The van der Waals surface area contributed by atoms with Crippen LogP contribution in [0, 0.1) is 0 Å². The molecule has 11 heavy (non-hydrogen) atoms. The number of nitrogens with two attached hydrogens (primary N) is 1. The average Bonchev–Trinajstić information content (AvgIpc) is 1.86. The van der Waals surface area contributed by atoms with Crippen molar-refractivity contribution in [2.45, 2.75) is 12.7 Å². The number of carboxylic acids is 1. The Bertz CT molecular complexity index is 242. The molecule has 0 radical (unpaired) electrons. The van der Waals surface area contributed by atoms with Crippen LogP contribution in [-0.2, 0) is 4.79 Å². The number of carboxylic acid groups (broad SMARTS) is 1. The van der Waals surface area contributed by atoms with E-state index in [-0.39, 0.29) is 5.57 Å². The SMILES string of the molecule is CC1(N)N=CC(C(=O)O)=CN1. The third kappa shape index (κ3) is 1.78. The minimum Gasteiger partial charge on any atom is -0.478 e. The second-order valence-electron chi connectivity index (χ2n) is 2.45.